The molecule has 2 aliphatic rings. The second-order valence-electron chi connectivity index (χ2n) is 7.32. The Hall–Kier alpha value is -2.24. The molecule has 0 radical (unpaired) electrons. The van der Waals surface area contributed by atoms with Crippen molar-refractivity contribution in [1.29, 1.82) is 0 Å². The van der Waals surface area contributed by atoms with E-state index in [9.17, 15) is 4.79 Å². The van der Waals surface area contributed by atoms with Gasteiger partial charge in [-0.05, 0) is 39.5 Å². The van der Waals surface area contributed by atoms with Gasteiger partial charge in [-0.3, -0.25) is 9.78 Å². The molecule has 4 rings (SSSR count). The molecule has 2 aromatic rings. The van der Waals surface area contributed by atoms with Crippen molar-refractivity contribution in [3.63, 3.8) is 0 Å². The van der Waals surface area contributed by atoms with Gasteiger partial charge in [0.25, 0.3) is 5.91 Å². The standard InChI is InChI=1S/C19H25N5O/c1-13-10-21-17(12-20-13)19(25)23-8-6-16(7-9-23)24-14(2)11-22-18(24)15-4-3-5-15/h10-12,15-16H,3-9H2,1-2H3. The lowest BCUT2D eigenvalue weighted by Crippen LogP contribution is -2.40. The molecule has 132 valence electrons. The predicted molar refractivity (Wildman–Crippen MR) is 94.5 cm³/mol. The quantitative estimate of drug-likeness (QED) is 0.862. The van der Waals surface area contributed by atoms with E-state index in [-0.39, 0.29) is 5.91 Å². The molecule has 6 nitrogen and oxygen atoms in total. The van der Waals surface area contributed by atoms with Crippen LogP contribution in [-0.4, -0.2) is 43.4 Å². The minimum Gasteiger partial charge on any atom is -0.337 e. The van der Waals surface area contributed by atoms with Gasteiger partial charge in [-0.15, -0.1) is 0 Å². The topological polar surface area (TPSA) is 63.9 Å². The highest BCUT2D eigenvalue weighted by Gasteiger charge is 2.31. The SMILES string of the molecule is Cc1cnc(C(=O)N2CCC(n3c(C)cnc3C3CCC3)CC2)cn1. The van der Waals surface area contributed by atoms with Crippen LogP contribution in [-0.2, 0) is 0 Å². The number of aryl methyl sites for hydroxylation is 2. The van der Waals surface area contributed by atoms with Crippen LogP contribution in [0.3, 0.4) is 0 Å². The molecule has 1 aliphatic carbocycles. The van der Waals surface area contributed by atoms with Crippen LogP contribution in [0.2, 0.25) is 0 Å². The number of hydrogen-bond acceptors (Lipinski definition) is 4. The zero-order valence-corrected chi connectivity index (χ0v) is 15.0. The third kappa shape index (κ3) is 3.05. The van der Waals surface area contributed by atoms with Gasteiger partial charge in [0.2, 0.25) is 0 Å². The number of imidazole rings is 1. The molecule has 2 aromatic heterocycles. The van der Waals surface area contributed by atoms with Crippen molar-refractivity contribution in [2.24, 2.45) is 0 Å². The molecule has 3 heterocycles. The Morgan fingerprint density at radius 2 is 1.76 bits per heavy atom. The van der Waals surface area contributed by atoms with Crippen molar-refractivity contribution < 1.29 is 4.79 Å². The van der Waals surface area contributed by atoms with Crippen LogP contribution >= 0.6 is 0 Å². The lowest BCUT2D eigenvalue weighted by atomic mass is 9.84. The second kappa shape index (κ2) is 6.58. The van der Waals surface area contributed by atoms with E-state index < -0.39 is 0 Å². The Bertz CT molecular complexity index is 755. The summed E-state index contributed by atoms with van der Waals surface area (Å²) in [5.74, 6) is 1.89. The number of piperidine rings is 1. The Morgan fingerprint density at radius 1 is 1.00 bits per heavy atom. The third-order valence-corrected chi connectivity index (χ3v) is 5.60. The summed E-state index contributed by atoms with van der Waals surface area (Å²) in [6, 6.07) is 0.450. The summed E-state index contributed by atoms with van der Waals surface area (Å²) in [5.41, 5.74) is 2.52. The van der Waals surface area contributed by atoms with Crippen LogP contribution in [0.25, 0.3) is 0 Å². The molecule has 1 saturated heterocycles. The fraction of sp³-hybridized carbons (Fsp3) is 0.579. The molecule has 0 aromatic carbocycles. The second-order valence-corrected chi connectivity index (χ2v) is 7.32. The maximum atomic E-state index is 12.6. The highest BCUT2D eigenvalue weighted by Crippen LogP contribution is 2.38. The monoisotopic (exact) mass is 339 g/mol. The van der Waals surface area contributed by atoms with E-state index in [0.29, 0.717) is 17.7 Å². The van der Waals surface area contributed by atoms with Crippen molar-refractivity contribution >= 4 is 5.91 Å². The molecule has 0 spiro atoms. The first-order valence-corrected chi connectivity index (χ1v) is 9.25. The third-order valence-electron chi connectivity index (χ3n) is 5.60. The molecule has 0 unspecified atom stereocenters. The van der Waals surface area contributed by atoms with Crippen molar-refractivity contribution in [2.45, 2.75) is 57.9 Å². The Morgan fingerprint density at radius 3 is 2.36 bits per heavy atom. The van der Waals surface area contributed by atoms with Crippen LogP contribution in [0.15, 0.2) is 18.6 Å². The number of hydrogen-bond donors (Lipinski definition) is 0. The number of aromatic nitrogens is 4. The van der Waals surface area contributed by atoms with Crippen molar-refractivity contribution in [3.8, 4) is 0 Å². The summed E-state index contributed by atoms with van der Waals surface area (Å²) < 4.78 is 2.44. The van der Waals surface area contributed by atoms with Gasteiger partial charge in [-0.2, -0.15) is 0 Å². The minimum atomic E-state index is -0.00693. The minimum absolute atomic E-state index is 0.00693. The summed E-state index contributed by atoms with van der Waals surface area (Å²) in [6.45, 7) is 5.55. The maximum absolute atomic E-state index is 12.6. The van der Waals surface area contributed by atoms with Crippen LogP contribution in [0, 0.1) is 13.8 Å². The molecule has 1 saturated carbocycles. The lowest BCUT2D eigenvalue weighted by molar-refractivity contribution is 0.0685. The predicted octanol–water partition coefficient (Wildman–Crippen LogP) is 3.03. The highest BCUT2D eigenvalue weighted by atomic mass is 16.2. The first kappa shape index (κ1) is 16.2. The summed E-state index contributed by atoms with van der Waals surface area (Å²) in [6.07, 6.45) is 11.0. The molecule has 0 atom stereocenters. The van der Waals surface area contributed by atoms with Crippen LogP contribution in [0.1, 0.15) is 71.8 Å². The van der Waals surface area contributed by atoms with E-state index in [0.717, 1.165) is 31.6 Å². The number of nitrogens with zero attached hydrogens (tertiary/aromatic N) is 5. The molecule has 0 N–H and O–H groups in total. The zero-order valence-electron chi connectivity index (χ0n) is 15.0. The van der Waals surface area contributed by atoms with E-state index in [1.54, 1.807) is 12.4 Å². The number of amides is 1. The fourth-order valence-electron chi connectivity index (χ4n) is 3.90. The van der Waals surface area contributed by atoms with E-state index in [1.165, 1.54) is 30.8 Å². The molecule has 2 fully saturated rings. The molecule has 1 amide bonds. The summed E-state index contributed by atoms with van der Waals surface area (Å²) in [7, 11) is 0. The van der Waals surface area contributed by atoms with Gasteiger partial charge in [-0.1, -0.05) is 6.42 Å². The number of carbonyl (C=O) groups is 1. The molecular weight excluding hydrogens is 314 g/mol. The van der Waals surface area contributed by atoms with Crippen LogP contribution < -0.4 is 0 Å². The van der Waals surface area contributed by atoms with Crippen LogP contribution in [0.5, 0.6) is 0 Å². The summed E-state index contributed by atoms with van der Waals surface area (Å²) >= 11 is 0. The first-order chi connectivity index (χ1) is 12.1. The van der Waals surface area contributed by atoms with Crippen molar-refractivity contribution in [2.75, 3.05) is 13.1 Å². The average Bonchev–Trinajstić information content (AvgIpc) is 2.95. The normalized spacial score (nSPS) is 19.0. The van der Waals surface area contributed by atoms with Gasteiger partial charge in [0.15, 0.2) is 0 Å². The Labute approximate surface area is 148 Å². The van der Waals surface area contributed by atoms with Crippen molar-refractivity contribution in [3.05, 3.63) is 41.5 Å². The van der Waals surface area contributed by atoms with Crippen molar-refractivity contribution in [1.82, 2.24) is 24.4 Å². The van der Waals surface area contributed by atoms with Gasteiger partial charge in [-0.25, -0.2) is 9.97 Å². The molecular formula is C19H25N5O. The average molecular weight is 339 g/mol. The molecule has 25 heavy (non-hydrogen) atoms. The van der Waals surface area contributed by atoms with Gasteiger partial charge < -0.3 is 9.47 Å². The maximum Gasteiger partial charge on any atom is 0.274 e. The van der Waals surface area contributed by atoms with Gasteiger partial charge in [0.1, 0.15) is 11.5 Å². The van der Waals surface area contributed by atoms with E-state index in [2.05, 4.69) is 26.4 Å². The molecule has 0 bridgehead atoms. The smallest absolute Gasteiger partial charge is 0.274 e. The number of rotatable bonds is 3. The highest BCUT2D eigenvalue weighted by molar-refractivity contribution is 5.92. The summed E-state index contributed by atoms with van der Waals surface area (Å²) in [5, 5.41) is 0. The molecule has 6 heteroatoms. The zero-order chi connectivity index (χ0) is 17.4. The first-order valence-electron chi connectivity index (χ1n) is 9.25. The number of likely N-dealkylation sites (tertiary alicyclic amines) is 1. The van der Waals surface area contributed by atoms with E-state index in [1.807, 2.05) is 18.0 Å². The number of carbonyl (C=O) groups excluding carboxylic acids is 1. The lowest BCUT2D eigenvalue weighted by Gasteiger charge is -2.35. The van der Waals surface area contributed by atoms with Crippen LogP contribution in [0.4, 0.5) is 0 Å². The largest absolute Gasteiger partial charge is 0.337 e. The molecule has 1 aliphatic heterocycles. The van der Waals surface area contributed by atoms with E-state index >= 15 is 0 Å². The fourth-order valence-corrected chi connectivity index (χ4v) is 3.90. The van der Waals surface area contributed by atoms with Gasteiger partial charge in [0.05, 0.1) is 11.9 Å². The Balaban J connectivity index is 1.44. The van der Waals surface area contributed by atoms with Gasteiger partial charge in [0, 0.05) is 43.1 Å². The van der Waals surface area contributed by atoms with E-state index in [4.69, 9.17) is 0 Å². The van der Waals surface area contributed by atoms with Gasteiger partial charge >= 0.3 is 0 Å². The Kier molecular flexibility index (Phi) is 4.27. The summed E-state index contributed by atoms with van der Waals surface area (Å²) in [4.78, 5) is 27.6.